The maximum absolute atomic E-state index is 9.15. The molecule has 0 bridgehead atoms. The zero-order chi connectivity index (χ0) is 12.3. The largest absolute Gasteiger partial charge is 0.508 e. The molecule has 0 aromatic heterocycles. The quantitative estimate of drug-likeness (QED) is 0.756. The Bertz CT molecular complexity index is 545. The van der Waals surface area contributed by atoms with Gasteiger partial charge in [-0.2, -0.15) is 10.2 Å². The van der Waals surface area contributed by atoms with Gasteiger partial charge >= 0.3 is 0 Å². The van der Waals surface area contributed by atoms with Crippen molar-refractivity contribution in [1.29, 1.82) is 0 Å². The first-order valence-corrected chi connectivity index (χ1v) is 5.44. The molecule has 2 rings (SSSR count). The van der Waals surface area contributed by atoms with Crippen molar-refractivity contribution >= 4 is 11.4 Å². The van der Waals surface area contributed by atoms with Gasteiger partial charge in [-0.1, -0.05) is 12.1 Å². The summed E-state index contributed by atoms with van der Waals surface area (Å²) in [4.78, 5) is 0. The van der Waals surface area contributed by atoms with Gasteiger partial charge in [-0.3, -0.25) is 0 Å². The molecule has 0 atom stereocenters. The topological polar surface area (TPSA) is 45.0 Å². The smallest absolute Gasteiger partial charge is 0.115 e. The summed E-state index contributed by atoms with van der Waals surface area (Å²) in [5, 5.41) is 17.5. The lowest BCUT2D eigenvalue weighted by Gasteiger charge is -2.01. The summed E-state index contributed by atoms with van der Waals surface area (Å²) < 4.78 is 0. The summed E-state index contributed by atoms with van der Waals surface area (Å²) in [7, 11) is 0. The summed E-state index contributed by atoms with van der Waals surface area (Å²) in [5.74, 6) is 0.232. The van der Waals surface area contributed by atoms with E-state index < -0.39 is 0 Å². The van der Waals surface area contributed by atoms with E-state index in [1.165, 1.54) is 5.56 Å². The summed E-state index contributed by atoms with van der Waals surface area (Å²) >= 11 is 0. The SMILES string of the molecule is Cc1cccc(N=Nc2ccc(O)cc2)c1C. The Morgan fingerprint density at radius 2 is 1.59 bits per heavy atom. The normalized spacial score (nSPS) is 10.9. The predicted octanol–water partition coefficient (Wildman–Crippen LogP) is 4.42. The highest BCUT2D eigenvalue weighted by Gasteiger charge is 1.98. The van der Waals surface area contributed by atoms with E-state index in [-0.39, 0.29) is 5.75 Å². The Balaban J connectivity index is 2.26. The maximum atomic E-state index is 9.15. The fourth-order valence-corrected chi connectivity index (χ4v) is 1.47. The minimum atomic E-state index is 0.232. The number of nitrogens with zero attached hydrogens (tertiary/aromatic N) is 2. The molecule has 0 saturated heterocycles. The molecule has 3 heteroatoms. The van der Waals surface area contributed by atoms with Crippen LogP contribution >= 0.6 is 0 Å². The molecule has 0 unspecified atom stereocenters. The van der Waals surface area contributed by atoms with Crippen molar-refractivity contribution < 1.29 is 5.11 Å². The van der Waals surface area contributed by atoms with E-state index in [1.54, 1.807) is 24.3 Å². The van der Waals surface area contributed by atoms with Gasteiger partial charge in [0.05, 0.1) is 11.4 Å². The fourth-order valence-electron chi connectivity index (χ4n) is 1.47. The summed E-state index contributed by atoms with van der Waals surface area (Å²) in [6, 6.07) is 12.6. The molecule has 0 amide bonds. The third-order valence-corrected chi connectivity index (χ3v) is 2.70. The Morgan fingerprint density at radius 3 is 2.29 bits per heavy atom. The maximum Gasteiger partial charge on any atom is 0.115 e. The molecular weight excluding hydrogens is 212 g/mol. The molecule has 1 N–H and O–H groups in total. The van der Waals surface area contributed by atoms with Crippen molar-refractivity contribution in [3.8, 4) is 5.75 Å². The van der Waals surface area contributed by atoms with Crippen LogP contribution in [0.2, 0.25) is 0 Å². The third-order valence-electron chi connectivity index (χ3n) is 2.70. The molecule has 0 fully saturated rings. The van der Waals surface area contributed by atoms with Crippen molar-refractivity contribution in [1.82, 2.24) is 0 Å². The van der Waals surface area contributed by atoms with Gasteiger partial charge in [0, 0.05) is 0 Å². The van der Waals surface area contributed by atoms with Gasteiger partial charge in [0.2, 0.25) is 0 Å². The van der Waals surface area contributed by atoms with Crippen LogP contribution in [0.3, 0.4) is 0 Å². The van der Waals surface area contributed by atoms with Crippen LogP contribution in [0.25, 0.3) is 0 Å². The second-order valence-electron chi connectivity index (χ2n) is 3.94. The van der Waals surface area contributed by atoms with Crippen LogP contribution in [0.15, 0.2) is 52.7 Å². The average molecular weight is 226 g/mol. The first kappa shape index (κ1) is 11.3. The number of benzene rings is 2. The predicted molar refractivity (Wildman–Crippen MR) is 68.2 cm³/mol. The molecule has 2 aromatic carbocycles. The van der Waals surface area contributed by atoms with Gasteiger partial charge in [-0.25, -0.2) is 0 Å². The van der Waals surface area contributed by atoms with Crippen molar-refractivity contribution in [3.05, 3.63) is 53.6 Å². The molecular formula is C14H14N2O. The molecule has 0 saturated carbocycles. The van der Waals surface area contributed by atoms with Crippen LogP contribution in [-0.2, 0) is 0 Å². The second kappa shape index (κ2) is 4.78. The summed E-state index contributed by atoms with van der Waals surface area (Å²) in [5.41, 5.74) is 3.93. The molecule has 0 heterocycles. The first-order valence-electron chi connectivity index (χ1n) is 5.44. The van der Waals surface area contributed by atoms with Crippen LogP contribution in [0.4, 0.5) is 11.4 Å². The molecule has 86 valence electrons. The van der Waals surface area contributed by atoms with Crippen molar-refractivity contribution in [2.24, 2.45) is 10.2 Å². The zero-order valence-corrected chi connectivity index (χ0v) is 9.88. The van der Waals surface area contributed by atoms with E-state index in [2.05, 4.69) is 23.2 Å². The summed E-state index contributed by atoms with van der Waals surface area (Å²) in [6.45, 7) is 4.08. The minimum Gasteiger partial charge on any atom is -0.508 e. The highest BCUT2D eigenvalue weighted by Crippen LogP contribution is 2.24. The number of aryl methyl sites for hydroxylation is 1. The molecule has 3 nitrogen and oxygen atoms in total. The number of hydrogen-bond donors (Lipinski definition) is 1. The number of hydrogen-bond acceptors (Lipinski definition) is 3. The Labute approximate surface area is 100 Å². The lowest BCUT2D eigenvalue weighted by Crippen LogP contribution is -1.79. The number of phenolic OH excluding ortho intramolecular Hbond substituents is 1. The van der Waals surface area contributed by atoms with Gasteiger partial charge in [0.25, 0.3) is 0 Å². The monoisotopic (exact) mass is 226 g/mol. The summed E-state index contributed by atoms with van der Waals surface area (Å²) in [6.07, 6.45) is 0. The number of azo groups is 1. The number of aromatic hydroxyl groups is 1. The van der Waals surface area contributed by atoms with Crippen molar-refractivity contribution in [2.45, 2.75) is 13.8 Å². The van der Waals surface area contributed by atoms with Crippen LogP contribution in [0, 0.1) is 13.8 Å². The van der Waals surface area contributed by atoms with Crippen LogP contribution in [-0.4, -0.2) is 5.11 Å². The lowest BCUT2D eigenvalue weighted by molar-refractivity contribution is 0.475. The fraction of sp³-hybridized carbons (Fsp3) is 0.143. The van der Waals surface area contributed by atoms with Gasteiger partial charge in [0.1, 0.15) is 5.75 Å². The average Bonchev–Trinajstić information content (AvgIpc) is 2.33. The second-order valence-corrected chi connectivity index (χ2v) is 3.94. The standard InChI is InChI=1S/C14H14N2O/c1-10-4-3-5-14(11(10)2)16-15-12-6-8-13(17)9-7-12/h3-9,17H,1-2H3. The molecule has 0 aliphatic carbocycles. The number of rotatable bonds is 2. The van der Waals surface area contributed by atoms with Crippen LogP contribution in [0.1, 0.15) is 11.1 Å². The van der Waals surface area contributed by atoms with Crippen molar-refractivity contribution in [3.63, 3.8) is 0 Å². The van der Waals surface area contributed by atoms with E-state index in [4.69, 9.17) is 5.11 Å². The van der Waals surface area contributed by atoms with Crippen LogP contribution < -0.4 is 0 Å². The van der Waals surface area contributed by atoms with Gasteiger partial charge < -0.3 is 5.11 Å². The molecule has 0 aliphatic rings. The Morgan fingerprint density at radius 1 is 0.882 bits per heavy atom. The van der Waals surface area contributed by atoms with E-state index in [1.807, 2.05) is 19.1 Å². The molecule has 0 aliphatic heterocycles. The highest BCUT2D eigenvalue weighted by atomic mass is 16.3. The minimum absolute atomic E-state index is 0.232. The molecule has 2 aromatic rings. The van der Waals surface area contributed by atoms with E-state index in [9.17, 15) is 0 Å². The van der Waals surface area contributed by atoms with E-state index >= 15 is 0 Å². The third kappa shape index (κ3) is 2.69. The molecule has 0 spiro atoms. The lowest BCUT2D eigenvalue weighted by atomic mass is 10.1. The van der Waals surface area contributed by atoms with Crippen molar-refractivity contribution in [2.75, 3.05) is 0 Å². The Kier molecular flexibility index (Phi) is 3.19. The van der Waals surface area contributed by atoms with Gasteiger partial charge in [-0.05, 0) is 55.3 Å². The Hall–Kier alpha value is -2.16. The zero-order valence-electron chi connectivity index (χ0n) is 9.88. The van der Waals surface area contributed by atoms with E-state index in [0.29, 0.717) is 0 Å². The van der Waals surface area contributed by atoms with Gasteiger partial charge in [0.15, 0.2) is 0 Å². The number of phenols is 1. The van der Waals surface area contributed by atoms with Crippen LogP contribution in [0.5, 0.6) is 5.75 Å². The van der Waals surface area contributed by atoms with Gasteiger partial charge in [-0.15, -0.1) is 0 Å². The molecule has 17 heavy (non-hydrogen) atoms. The van der Waals surface area contributed by atoms with E-state index in [0.717, 1.165) is 16.9 Å². The highest BCUT2D eigenvalue weighted by molar-refractivity contribution is 5.49. The first-order chi connectivity index (χ1) is 8.16. The molecule has 0 radical (unpaired) electrons.